The average molecular weight is 309 g/mol. The van der Waals surface area contributed by atoms with E-state index in [0.717, 1.165) is 37.6 Å². The molecule has 1 aliphatic heterocycles. The molecule has 6 heteroatoms. The van der Waals surface area contributed by atoms with Crippen molar-refractivity contribution in [2.24, 2.45) is 7.05 Å². The molecule has 1 saturated heterocycles. The maximum Gasteiger partial charge on any atom is 0.141 e. The van der Waals surface area contributed by atoms with Gasteiger partial charge in [0.2, 0.25) is 0 Å². The van der Waals surface area contributed by atoms with Crippen LogP contribution in [-0.4, -0.2) is 34.1 Å². The number of benzene rings is 1. The van der Waals surface area contributed by atoms with Crippen molar-refractivity contribution in [1.29, 1.82) is 0 Å². The molecule has 0 bridgehead atoms. The Bertz CT molecular complexity index is 628. The lowest BCUT2D eigenvalue weighted by molar-refractivity contribution is 0.144. The standard InChI is InChI=1S/C15H18ClFN4/c1-20-6-5-19-15(20)14-9-18-4-7-21(14)10-11-2-3-13(17)12(16)8-11/h2-3,5-6,8,14,18H,4,7,9-10H2,1H3. The molecule has 2 heterocycles. The highest BCUT2D eigenvalue weighted by atomic mass is 35.5. The number of nitrogens with one attached hydrogen (secondary N) is 1. The molecule has 3 rings (SSSR count). The Morgan fingerprint density at radius 2 is 2.33 bits per heavy atom. The summed E-state index contributed by atoms with van der Waals surface area (Å²) in [6.45, 7) is 3.46. The van der Waals surface area contributed by atoms with Gasteiger partial charge in [-0.3, -0.25) is 4.90 Å². The summed E-state index contributed by atoms with van der Waals surface area (Å²) in [4.78, 5) is 6.81. The van der Waals surface area contributed by atoms with E-state index < -0.39 is 0 Å². The minimum atomic E-state index is -0.374. The van der Waals surface area contributed by atoms with E-state index in [9.17, 15) is 4.39 Å². The Hall–Kier alpha value is -1.43. The Balaban J connectivity index is 1.81. The lowest BCUT2D eigenvalue weighted by Gasteiger charge is -2.35. The number of nitrogens with zero attached hydrogens (tertiary/aromatic N) is 3. The van der Waals surface area contributed by atoms with Crippen LogP contribution in [0, 0.1) is 5.82 Å². The Morgan fingerprint density at radius 3 is 3.05 bits per heavy atom. The van der Waals surface area contributed by atoms with E-state index in [-0.39, 0.29) is 16.9 Å². The van der Waals surface area contributed by atoms with Gasteiger partial charge in [0.1, 0.15) is 11.6 Å². The second-order valence-corrected chi connectivity index (χ2v) is 5.74. The van der Waals surface area contributed by atoms with Crippen LogP contribution in [0.4, 0.5) is 4.39 Å². The summed E-state index contributed by atoms with van der Waals surface area (Å²) < 4.78 is 15.3. The van der Waals surface area contributed by atoms with Crippen LogP contribution in [0.15, 0.2) is 30.6 Å². The normalized spacial score (nSPS) is 19.9. The number of piperazine rings is 1. The fraction of sp³-hybridized carbons (Fsp3) is 0.400. The number of aryl methyl sites for hydroxylation is 1. The van der Waals surface area contributed by atoms with E-state index >= 15 is 0 Å². The smallest absolute Gasteiger partial charge is 0.141 e. The van der Waals surface area contributed by atoms with Crippen LogP contribution in [0.25, 0.3) is 0 Å². The number of hydrogen-bond acceptors (Lipinski definition) is 3. The molecule has 1 aromatic carbocycles. The Labute approximate surface area is 128 Å². The van der Waals surface area contributed by atoms with Crippen LogP contribution in [0.1, 0.15) is 17.4 Å². The van der Waals surface area contributed by atoms with Gasteiger partial charge in [0.05, 0.1) is 11.1 Å². The molecule has 1 fully saturated rings. The fourth-order valence-electron chi connectivity index (χ4n) is 2.76. The molecule has 21 heavy (non-hydrogen) atoms. The Kier molecular flexibility index (Phi) is 4.24. The van der Waals surface area contributed by atoms with Gasteiger partial charge in [-0.2, -0.15) is 0 Å². The predicted octanol–water partition coefficient (Wildman–Crippen LogP) is 2.36. The van der Waals surface area contributed by atoms with Crippen molar-refractivity contribution >= 4 is 11.6 Å². The molecule has 0 amide bonds. The van der Waals surface area contributed by atoms with Gasteiger partial charge in [0.25, 0.3) is 0 Å². The molecule has 0 saturated carbocycles. The highest BCUT2D eigenvalue weighted by molar-refractivity contribution is 6.30. The third-order valence-electron chi connectivity index (χ3n) is 3.88. The third-order valence-corrected chi connectivity index (χ3v) is 4.17. The number of aromatic nitrogens is 2. The average Bonchev–Trinajstić information content (AvgIpc) is 2.90. The van der Waals surface area contributed by atoms with Gasteiger partial charge in [-0.25, -0.2) is 9.37 Å². The van der Waals surface area contributed by atoms with Crippen molar-refractivity contribution in [3.63, 3.8) is 0 Å². The molecule has 1 aliphatic rings. The SMILES string of the molecule is Cn1ccnc1C1CNCCN1Cc1ccc(F)c(Cl)c1. The van der Waals surface area contributed by atoms with Crippen molar-refractivity contribution in [3.05, 3.63) is 52.8 Å². The number of halogens is 2. The lowest BCUT2D eigenvalue weighted by atomic mass is 10.1. The van der Waals surface area contributed by atoms with Gasteiger partial charge in [-0.05, 0) is 17.7 Å². The van der Waals surface area contributed by atoms with Gasteiger partial charge < -0.3 is 9.88 Å². The van der Waals surface area contributed by atoms with Gasteiger partial charge in [0.15, 0.2) is 0 Å². The summed E-state index contributed by atoms with van der Waals surface area (Å²) in [5.41, 5.74) is 1.02. The predicted molar refractivity (Wildman–Crippen MR) is 80.6 cm³/mol. The van der Waals surface area contributed by atoms with Gasteiger partial charge in [0, 0.05) is 45.6 Å². The quantitative estimate of drug-likeness (QED) is 0.945. The highest BCUT2D eigenvalue weighted by Crippen LogP contribution is 2.24. The van der Waals surface area contributed by atoms with E-state index in [1.54, 1.807) is 12.1 Å². The zero-order valence-corrected chi connectivity index (χ0v) is 12.6. The van der Waals surface area contributed by atoms with Crippen LogP contribution in [-0.2, 0) is 13.6 Å². The fourth-order valence-corrected chi connectivity index (χ4v) is 2.96. The second kappa shape index (κ2) is 6.13. The van der Waals surface area contributed by atoms with Crippen LogP contribution in [0.3, 0.4) is 0 Å². The van der Waals surface area contributed by atoms with Gasteiger partial charge in [-0.1, -0.05) is 17.7 Å². The highest BCUT2D eigenvalue weighted by Gasteiger charge is 2.26. The molecular formula is C15H18ClFN4. The van der Waals surface area contributed by atoms with Crippen molar-refractivity contribution in [2.45, 2.75) is 12.6 Å². The summed E-state index contributed by atoms with van der Waals surface area (Å²) in [6, 6.07) is 5.13. The molecule has 1 atom stereocenters. The van der Waals surface area contributed by atoms with Crippen LogP contribution >= 0.6 is 11.6 Å². The monoisotopic (exact) mass is 308 g/mol. The molecule has 4 nitrogen and oxygen atoms in total. The summed E-state index contributed by atoms with van der Waals surface area (Å²) in [5, 5.41) is 3.58. The molecule has 0 spiro atoms. The summed E-state index contributed by atoms with van der Waals surface area (Å²) in [5.74, 6) is 0.664. The van der Waals surface area contributed by atoms with Crippen molar-refractivity contribution in [3.8, 4) is 0 Å². The number of rotatable bonds is 3. The Morgan fingerprint density at radius 1 is 1.48 bits per heavy atom. The minimum Gasteiger partial charge on any atom is -0.337 e. The van der Waals surface area contributed by atoms with E-state index in [2.05, 4.69) is 15.2 Å². The first kappa shape index (κ1) is 14.5. The maximum atomic E-state index is 13.3. The van der Waals surface area contributed by atoms with E-state index in [0.29, 0.717) is 0 Å². The molecule has 1 aromatic heterocycles. The molecule has 1 unspecified atom stereocenters. The van der Waals surface area contributed by atoms with Crippen molar-refractivity contribution in [1.82, 2.24) is 19.8 Å². The van der Waals surface area contributed by atoms with E-state index in [1.165, 1.54) is 6.07 Å². The molecule has 1 N–H and O–H groups in total. The van der Waals surface area contributed by atoms with Crippen LogP contribution in [0.5, 0.6) is 0 Å². The molecule has 2 aromatic rings. The summed E-state index contributed by atoms with van der Waals surface area (Å²) >= 11 is 5.87. The topological polar surface area (TPSA) is 33.1 Å². The summed E-state index contributed by atoms with van der Waals surface area (Å²) in [7, 11) is 2.00. The maximum absolute atomic E-state index is 13.3. The largest absolute Gasteiger partial charge is 0.337 e. The number of imidazole rings is 1. The first-order chi connectivity index (χ1) is 10.1. The van der Waals surface area contributed by atoms with Crippen molar-refractivity contribution < 1.29 is 4.39 Å². The van der Waals surface area contributed by atoms with Gasteiger partial charge in [-0.15, -0.1) is 0 Å². The van der Waals surface area contributed by atoms with Crippen LogP contribution in [0.2, 0.25) is 5.02 Å². The van der Waals surface area contributed by atoms with Gasteiger partial charge >= 0.3 is 0 Å². The molecule has 112 valence electrons. The molecule has 0 aliphatic carbocycles. The molecular weight excluding hydrogens is 291 g/mol. The zero-order valence-electron chi connectivity index (χ0n) is 11.9. The van der Waals surface area contributed by atoms with Crippen molar-refractivity contribution in [2.75, 3.05) is 19.6 Å². The summed E-state index contributed by atoms with van der Waals surface area (Å²) in [6.07, 6.45) is 3.77. The zero-order chi connectivity index (χ0) is 14.8. The molecule has 0 radical (unpaired) electrons. The lowest BCUT2D eigenvalue weighted by Crippen LogP contribution is -2.46. The first-order valence-corrected chi connectivity index (χ1v) is 7.39. The van der Waals surface area contributed by atoms with Crippen LogP contribution < -0.4 is 5.32 Å². The van der Waals surface area contributed by atoms with E-state index in [4.69, 9.17) is 11.6 Å². The first-order valence-electron chi connectivity index (χ1n) is 7.01. The minimum absolute atomic E-state index is 0.177. The third kappa shape index (κ3) is 3.10. The second-order valence-electron chi connectivity index (χ2n) is 5.34. The number of hydrogen-bond donors (Lipinski definition) is 1. The van der Waals surface area contributed by atoms with E-state index in [1.807, 2.05) is 24.0 Å².